The van der Waals surface area contributed by atoms with E-state index in [4.69, 9.17) is 0 Å². The van der Waals surface area contributed by atoms with Crippen LogP contribution in [0.25, 0.3) is 11.4 Å². The van der Waals surface area contributed by atoms with Crippen molar-refractivity contribution in [2.24, 2.45) is 0 Å². The fraction of sp³-hybridized carbons (Fsp3) is 0.333. The first kappa shape index (κ1) is 8.03. The summed E-state index contributed by atoms with van der Waals surface area (Å²) in [5.41, 5.74) is 1.82. The summed E-state index contributed by atoms with van der Waals surface area (Å²) in [4.78, 5) is 10.4. The zero-order valence-corrected chi connectivity index (χ0v) is 7.34. The topological polar surface area (TPSA) is 126 Å². The molecule has 0 aliphatic heterocycles. The van der Waals surface area contributed by atoms with Gasteiger partial charge in [-0.2, -0.15) is 30.8 Å². The molecule has 1 atom stereocenters. The van der Waals surface area contributed by atoms with Crippen molar-refractivity contribution >= 4 is 0 Å². The smallest absolute Gasteiger partial charge is 0.264 e. The maximum atomic E-state index is 10.8. The summed E-state index contributed by atoms with van der Waals surface area (Å²) in [6.07, 6.45) is 0.193. The van der Waals surface area contributed by atoms with E-state index in [1.54, 1.807) is 0 Å². The molecule has 0 aromatic carbocycles. The summed E-state index contributed by atoms with van der Waals surface area (Å²) in [6, 6.07) is -0.892. The summed E-state index contributed by atoms with van der Waals surface area (Å²) in [6.45, 7) is 0. The van der Waals surface area contributed by atoms with Crippen molar-refractivity contribution in [2.75, 3.05) is 0 Å². The van der Waals surface area contributed by atoms with E-state index in [1.165, 1.54) is 0 Å². The predicted molar refractivity (Wildman–Crippen MR) is 45.2 cm³/mol. The van der Waals surface area contributed by atoms with Gasteiger partial charge in [-0.3, -0.25) is 10.1 Å². The average Bonchev–Trinajstić information content (AvgIpc) is 2.83. The summed E-state index contributed by atoms with van der Waals surface area (Å²) in [5.74, 6) is 0. The van der Waals surface area contributed by atoms with Crippen LogP contribution in [0.2, 0.25) is 0 Å². The van der Waals surface area contributed by atoms with Crippen LogP contribution in [0.4, 0.5) is 0 Å². The van der Waals surface area contributed by atoms with E-state index in [0.29, 0.717) is 22.8 Å². The lowest BCUT2D eigenvalue weighted by molar-refractivity contribution is -0.529. The lowest BCUT2D eigenvalue weighted by Crippen LogP contribution is -2.19. The normalized spacial score (nSPS) is 18.3. The Morgan fingerprint density at radius 3 is 2.73 bits per heavy atom. The van der Waals surface area contributed by atoms with Gasteiger partial charge in [0, 0.05) is 4.92 Å². The largest absolute Gasteiger partial charge is 0.264 e. The van der Waals surface area contributed by atoms with Gasteiger partial charge in [-0.25, -0.2) is 0 Å². The van der Waals surface area contributed by atoms with Gasteiger partial charge in [-0.15, -0.1) is 0 Å². The van der Waals surface area contributed by atoms with Crippen LogP contribution >= 0.6 is 0 Å². The number of hydrogen-bond acceptors (Lipinski definition) is 6. The minimum Gasteiger partial charge on any atom is -0.264 e. The van der Waals surface area contributed by atoms with E-state index in [1.807, 2.05) is 0 Å². The highest BCUT2D eigenvalue weighted by molar-refractivity contribution is 5.61. The Labute approximate surface area is 82.0 Å². The zero-order valence-electron chi connectivity index (χ0n) is 7.34. The average molecular weight is 207 g/mol. The molecular weight excluding hydrogens is 202 g/mol. The van der Waals surface area contributed by atoms with E-state index < -0.39 is 6.04 Å². The first-order chi connectivity index (χ1) is 7.27. The molecule has 9 heteroatoms. The van der Waals surface area contributed by atoms with E-state index in [0.717, 1.165) is 0 Å². The minimum atomic E-state index is -0.892. The lowest BCUT2D eigenvalue weighted by Gasteiger charge is -2.10. The molecule has 0 fully saturated rings. The number of fused-ring (bicyclic) bond motifs is 3. The number of H-pyrrole nitrogens is 2. The first-order valence-corrected chi connectivity index (χ1v) is 4.21. The highest BCUT2D eigenvalue weighted by Gasteiger charge is 2.38. The van der Waals surface area contributed by atoms with E-state index >= 15 is 0 Å². The lowest BCUT2D eigenvalue weighted by atomic mass is 9.97. The molecule has 0 spiro atoms. The van der Waals surface area contributed by atoms with Crippen LogP contribution in [-0.2, 0) is 6.42 Å². The van der Waals surface area contributed by atoms with Crippen molar-refractivity contribution in [3.63, 3.8) is 0 Å². The molecule has 1 aliphatic carbocycles. The second-order valence-corrected chi connectivity index (χ2v) is 3.18. The number of nitrogens with zero attached hydrogens (tertiary/aromatic N) is 5. The molecule has 76 valence electrons. The number of aromatic amines is 2. The number of hydrogen-bond donors (Lipinski definition) is 2. The molecule has 1 unspecified atom stereocenters. The Morgan fingerprint density at radius 1 is 1.20 bits per heavy atom. The van der Waals surface area contributed by atoms with Crippen molar-refractivity contribution < 1.29 is 4.92 Å². The molecule has 0 saturated heterocycles. The quantitative estimate of drug-likeness (QED) is 0.477. The highest BCUT2D eigenvalue weighted by atomic mass is 16.6. The zero-order chi connectivity index (χ0) is 10.4. The molecule has 0 amide bonds. The Morgan fingerprint density at radius 2 is 1.93 bits per heavy atom. The van der Waals surface area contributed by atoms with Gasteiger partial charge in [0.15, 0.2) is 5.69 Å². The Bertz CT molecular complexity index is 529. The maximum absolute atomic E-state index is 10.8. The third-order valence-corrected chi connectivity index (χ3v) is 2.38. The van der Waals surface area contributed by atoms with Gasteiger partial charge in [0.25, 0.3) is 6.04 Å². The molecule has 3 rings (SSSR count). The molecule has 0 radical (unpaired) electrons. The third-order valence-electron chi connectivity index (χ3n) is 2.38. The Kier molecular flexibility index (Phi) is 1.39. The Balaban J connectivity index is 2.22. The van der Waals surface area contributed by atoms with Crippen LogP contribution in [0, 0.1) is 10.1 Å². The monoisotopic (exact) mass is 207 g/mol. The van der Waals surface area contributed by atoms with E-state index in [9.17, 15) is 10.1 Å². The number of nitro groups is 1. The summed E-state index contributed by atoms with van der Waals surface area (Å²) in [7, 11) is 0. The SMILES string of the molecule is O=[N+]([O-])C1Cc2n[nH]nc2-c2n[nH]nc21. The number of rotatable bonds is 1. The predicted octanol–water partition coefficient (Wildman–Crippen LogP) is -0.536. The summed E-state index contributed by atoms with van der Waals surface area (Å²) >= 11 is 0. The van der Waals surface area contributed by atoms with Crippen molar-refractivity contribution in [1.82, 2.24) is 30.8 Å². The second kappa shape index (κ2) is 2.59. The van der Waals surface area contributed by atoms with E-state index in [2.05, 4.69) is 30.8 Å². The molecule has 2 heterocycles. The second-order valence-electron chi connectivity index (χ2n) is 3.18. The molecule has 9 nitrogen and oxygen atoms in total. The minimum absolute atomic E-state index is 0.193. The molecule has 15 heavy (non-hydrogen) atoms. The number of aromatic nitrogens is 6. The van der Waals surface area contributed by atoms with Gasteiger partial charge >= 0.3 is 0 Å². The van der Waals surface area contributed by atoms with Crippen LogP contribution in [0.1, 0.15) is 17.4 Å². The molecular formula is C6H5N7O2. The molecule has 1 aliphatic rings. The molecule has 0 bridgehead atoms. The third kappa shape index (κ3) is 0.965. The summed E-state index contributed by atoms with van der Waals surface area (Å²) < 4.78 is 0. The maximum Gasteiger partial charge on any atom is 0.264 e. The van der Waals surface area contributed by atoms with Gasteiger partial charge in [0.05, 0.1) is 12.1 Å². The van der Waals surface area contributed by atoms with Crippen LogP contribution in [0.3, 0.4) is 0 Å². The number of nitrogens with one attached hydrogen (secondary N) is 2. The molecule has 0 saturated carbocycles. The van der Waals surface area contributed by atoms with Crippen molar-refractivity contribution in [2.45, 2.75) is 12.5 Å². The van der Waals surface area contributed by atoms with Gasteiger partial charge in [0.2, 0.25) is 0 Å². The fourth-order valence-corrected chi connectivity index (χ4v) is 1.68. The van der Waals surface area contributed by atoms with Crippen LogP contribution in [0.15, 0.2) is 0 Å². The van der Waals surface area contributed by atoms with Crippen molar-refractivity contribution in [1.29, 1.82) is 0 Å². The fourth-order valence-electron chi connectivity index (χ4n) is 1.68. The van der Waals surface area contributed by atoms with Crippen LogP contribution in [-0.4, -0.2) is 35.7 Å². The Hall–Kier alpha value is -2.32. The van der Waals surface area contributed by atoms with Crippen LogP contribution < -0.4 is 0 Å². The standard InChI is InChI=1S/C6H5N7O2/c14-13(15)3-1-2-4(8-11-7-2)6-5(3)9-12-10-6/h3H,1H2,(H,7,8,11)(H,9,10,12). The molecule has 2 aromatic rings. The molecule has 2 N–H and O–H groups in total. The summed E-state index contributed by atoms with van der Waals surface area (Å²) in [5, 5.41) is 31.0. The van der Waals surface area contributed by atoms with Gasteiger partial charge in [0.1, 0.15) is 11.4 Å². The molecule has 2 aromatic heterocycles. The first-order valence-electron chi connectivity index (χ1n) is 4.21. The highest BCUT2D eigenvalue weighted by Crippen LogP contribution is 2.34. The van der Waals surface area contributed by atoms with Gasteiger partial charge in [-0.05, 0) is 0 Å². The van der Waals surface area contributed by atoms with Gasteiger partial charge in [-0.1, -0.05) is 0 Å². The van der Waals surface area contributed by atoms with Crippen molar-refractivity contribution in [3.8, 4) is 11.4 Å². The van der Waals surface area contributed by atoms with Crippen molar-refractivity contribution in [3.05, 3.63) is 21.5 Å². The van der Waals surface area contributed by atoms with Crippen LogP contribution in [0.5, 0.6) is 0 Å². The van der Waals surface area contributed by atoms with E-state index in [-0.39, 0.29) is 11.3 Å². The van der Waals surface area contributed by atoms with Gasteiger partial charge < -0.3 is 0 Å².